The first-order valence-corrected chi connectivity index (χ1v) is 9.09. The maximum Gasteiger partial charge on any atom is 0.191 e. The Hall–Kier alpha value is -0.900. The fraction of sp³-hybridized carbons (Fsp3) is 0.632. The van der Waals surface area contributed by atoms with Gasteiger partial charge in [-0.3, -0.25) is 4.99 Å². The molecule has 7 heteroatoms. The molecule has 0 bridgehead atoms. The van der Waals surface area contributed by atoms with Crippen LogP contribution in [0.3, 0.4) is 0 Å². The minimum atomic E-state index is 0. The molecule has 0 radical (unpaired) electrons. The molecule has 0 spiro atoms. The normalized spacial score (nSPS) is 18.2. The second-order valence-electron chi connectivity index (χ2n) is 6.33. The molecule has 1 aliphatic heterocycles. The van der Waals surface area contributed by atoms with E-state index in [0.717, 1.165) is 57.3 Å². The van der Waals surface area contributed by atoms with Gasteiger partial charge in [-0.05, 0) is 18.4 Å². The second-order valence-corrected chi connectivity index (χ2v) is 6.33. The third kappa shape index (κ3) is 8.66. The monoisotopic (exact) mass is 477 g/mol. The van der Waals surface area contributed by atoms with Gasteiger partial charge in [0.1, 0.15) is 0 Å². The van der Waals surface area contributed by atoms with Crippen LogP contribution in [-0.2, 0) is 9.47 Å². The Balaban J connectivity index is 0.00000338. The van der Waals surface area contributed by atoms with Crippen LogP contribution in [0, 0.1) is 5.92 Å². The van der Waals surface area contributed by atoms with E-state index in [4.69, 9.17) is 9.47 Å². The topological polar surface area (TPSA) is 75.1 Å². The summed E-state index contributed by atoms with van der Waals surface area (Å²) < 4.78 is 11.0. The predicted octanol–water partition coefficient (Wildman–Crippen LogP) is 1.99. The number of rotatable bonds is 10. The summed E-state index contributed by atoms with van der Waals surface area (Å²) >= 11 is 0. The molecule has 1 heterocycles. The van der Waals surface area contributed by atoms with E-state index in [9.17, 15) is 5.11 Å². The highest BCUT2D eigenvalue weighted by atomic mass is 127. The Labute approximate surface area is 173 Å². The first-order chi connectivity index (χ1) is 12.3. The van der Waals surface area contributed by atoms with Crippen molar-refractivity contribution >= 4 is 29.9 Å². The molecule has 2 rings (SSSR count). The second kappa shape index (κ2) is 14.2. The Kier molecular flexibility index (Phi) is 12.6. The lowest BCUT2D eigenvalue weighted by Gasteiger charge is -2.18. The third-order valence-electron chi connectivity index (χ3n) is 4.37. The summed E-state index contributed by atoms with van der Waals surface area (Å²) in [5, 5.41) is 16.2. The number of nitrogens with one attached hydrogen (secondary N) is 2. The van der Waals surface area contributed by atoms with E-state index in [1.807, 2.05) is 30.3 Å². The SMILES string of the molecule is CN=C(NCCCOCC1CCOC1)NCC(CO)c1ccccc1.I. The Morgan fingerprint density at radius 2 is 2.15 bits per heavy atom. The average molecular weight is 477 g/mol. The van der Waals surface area contributed by atoms with Crippen molar-refractivity contribution in [3.8, 4) is 0 Å². The van der Waals surface area contributed by atoms with Gasteiger partial charge in [0.05, 0.1) is 19.8 Å². The molecule has 0 aliphatic carbocycles. The number of benzene rings is 1. The van der Waals surface area contributed by atoms with E-state index < -0.39 is 0 Å². The van der Waals surface area contributed by atoms with Crippen molar-refractivity contribution in [2.75, 3.05) is 53.2 Å². The standard InChI is InChI=1S/C19H31N3O3.HI/c1-20-19(21-9-5-10-24-14-16-8-11-25-15-16)22-12-18(13-23)17-6-3-2-4-7-17;/h2-4,6-7,16,18,23H,5,8-15H2,1H3,(H2,20,21,22);1H. The summed E-state index contributed by atoms with van der Waals surface area (Å²) in [5.41, 5.74) is 1.12. The van der Waals surface area contributed by atoms with Gasteiger partial charge in [0.2, 0.25) is 0 Å². The molecule has 0 aromatic heterocycles. The lowest BCUT2D eigenvalue weighted by atomic mass is 10.0. The van der Waals surface area contributed by atoms with Gasteiger partial charge in [-0.25, -0.2) is 0 Å². The van der Waals surface area contributed by atoms with Crippen LogP contribution in [0.2, 0.25) is 0 Å². The molecule has 1 aromatic rings. The van der Waals surface area contributed by atoms with Crippen LogP contribution >= 0.6 is 24.0 Å². The summed E-state index contributed by atoms with van der Waals surface area (Å²) in [6.07, 6.45) is 2.04. The Morgan fingerprint density at radius 3 is 2.81 bits per heavy atom. The molecule has 26 heavy (non-hydrogen) atoms. The lowest BCUT2D eigenvalue weighted by Crippen LogP contribution is -2.40. The maximum atomic E-state index is 9.60. The molecule has 1 saturated heterocycles. The molecule has 2 unspecified atom stereocenters. The van der Waals surface area contributed by atoms with Crippen molar-refractivity contribution < 1.29 is 14.6 Å². The van der Waals surface area contributed by atoms with E-state index in [-0.39, 0.29) is 36.5 Å². The molecule has 6 nitrogen and oxygen atoms in total. The first kappa shape index (κ1) is 23.1. The number of hydrogen-bond donors (Lipinski definition) is 3. The summed E-state index contributed by atoms with van der Waals surface area (Å²) in [6, 6.07) is 10.0. The first-order valence-electron chi connectivity index (χ1n) is 9.09. The van der Waals surface area contributed by atoms with E-state index in [1.54, 1.807) is 7.05 Å². The number of aliphatic imine (C=N–C) groups is 1. The van der Waals surface area contributed by atoms with E-state index in [1.165, 1.54) is 0 Å². The van der Waals surface area contributed by atoms with Crippen molar-refractivity contribution in [1.82, 2.24) is 10.6 Å². The minimum absolute atomic E-state index is 0. The van der Waals surface area contributed by atoms with Crippen LogP contribution < -0.4 is 10.6 Å². The fourth-order valence-electron chi connectivity index (χ4n) is 2.80. The molecule has 3 N–H and O–H groups in total. The highest BCUT2D eigenvalue weighted by Crippen LogP contribution is 2.13. The van der Waals surface area contributed by atoms with Crippen LogP contribution in [0.15, 0.2) is 35.3 Å². The summed E-state index contributed by atoms with van der Waals surface area (Å²) in [5.74, 6) is 1.37. The number of hydrogen-bond acceptors (Lipinski definition) is 4. The Morgan fingerprint density at radius 1 is 1.35 bits per heavy atom. The quantitative estimate of drug-likeness (QED) is 0.208. The highest BCUT2D eigenvalue weighted by Gasteiger charge is 2.15. The molecular weight excluding hydrogens is 445 g/mol. The van der Waals surface area contributed by atoms with Crippen LogP contribution in [0.1, 0.15) is 24.3 Å². The average Bonchev–Trinajstić information content (AvgIpc) is 3.17. The van der Waals surface area contributed by atoms with E-state index >= 15 is 0 Å². The number of aliphatic hydroxyl groups is 1. The molecule has 2 atom stereocenters. The molecule has 1 fully saturated rings. The minimum Gasteiger partial charge on any atom is -0.396 e. The third-order valence-corrected chi connectivity index (χ3v) is 4.37. The molecular formula is C19H32IN3O3. The van der Waals surface area contributed by atoms with Gasteiger partial charge in [0, 0.05) is 45.2 Å². The molecule has 0 amide bonds. The summed E-state index contributed by atoms with van der Waals surface area (Å²) in [6.45, 7) is 4.78. The zero-order chi connectivity index (χ0) is 17.7. The van der Waals surface area contributed by atoms with Gasteiger partial charge in [0.15, 0.2) is 5.96 Å². The van der Waals surface area contributed by atoms with Gasteiger partial charge >= 0.3 is 0 Å². The number of halogens is 1. The summed E-state index contributed by atoms with van der Waals surface area (Å²) in [4.78, 5) is 4.22. The molecule has 148 valence electrons. The van der Waals surface area contributed by atoms with E-state index in [2.05, 4.69) is 15.6 Å². The number of nitrogens with zero attached hydrogens (tertiary/aromatic N) is 1. The van der Waals surface area contributed by atoms with Gasteiger partial charge in [-0.2, -0.15) is 0 Å². The van der Waals surface area contributed by atoms with Crippen molar-refractivity contribution in [2.24, 2.45) is 10.9 Å². The van der Waals surface area contributed by atoms with Crippen molar-refractivity contribution in [3.63, 3.8) is 0 Å². The molecule has 1 aliphatic rings. The van der Waals surface area contributed by atoms with Crippen LogP contribution in [-0.4, -0.2) is 64.2 Å². The highest BCUT2D eigenvalue weighted by molar-refractivity contribution is 14.0. The van der Waals surface area contributed by atoms with Crippen LogP contribution in [0.5, 0.6) is 0 Å². The lowest BCUT2D eigenvalue weighted by molar-refractivity contribution is 0.0888. The largest absolute Gasteiger partial charge is 0.396 e. The zero-order valence-electron chi connectivity index (χ0n) is 15.5. The predicted molar refractivity (Wildman–Crippen MR) is 115 cm³/mol. The number of aliphatic hydroxyl groups excluding tert-OH is 1. The smallest absolute Gasteiger partial charge is 0.191 e. The molecule has 0 saturated carbocycles. The number of guanidine groups is 1. The number of ether oxygens (including phenoxy) is 2. The van der Waals surface area contributed by atoms with Crippen molar-refractivity contribution in [2.45, 2.75) is 18.8 Å². The maximum absolute atomic E-state index is 9.60. The Bertz CT molecular complexity index is 496. The van der Waals surface area contributed by atoms with Crippen LogP contribution in [0.25, 0.3) is 0 Å². The fourth-order valence-corrected chi connectivity index (χ4v) is 2.80. The van der Waals surface area contributed by atoms with Gasteiger partial charge in [0.25, 0.3) is 0 Å². The van der Waals surface area contributed by atoms with Crippen molar-refractivity contribution in [1.29, 1.82) is 0 Å². The van der Waals surface area contributed by atoms with Crippen molar-refractivity contribution in [3.05, 3.63) is 35.9 Å². The molecule has 1 aromatic carbocycles. The zero-order valence-corrected chi connectivity index (χ0v) is 17.9. The van der Waals surface area contributed by atoms with Gasteiger partial charge in [-0.15, -0.1) is 24.0 Å². The summed E-state index contributed by atoms with van der Waals surface area (Å²) in [7, 11) is 1.75. The van der Waals surface area contributed by atoms with E-state index in [0.29, 0.717) is 12.5 Å². The van der Waals surface area contributed by atoms with Gasteiger partial charge in [-0.1, -0.05) is 30.3 Å². The van der Waals surface area contributed by atoms with Crippen LogP contribution in [0.4, 0.5) is 0 Å². The van der Waals surface area contributed by atoms with Gasteiger partial charge < -0.3 is 25.2 Å².